The van der Waals surface area contributed by atoms with Crippen LogP contribution in [0.25, 0.3) is 17.0 Å². The van der Waals surface area contributed by atoms with Gasteiger partial charge in [-0.15, -0.1) is 0 Å². The van der Waals surface area contributed by atoms with Crippen LogP contribution in [-0.2, 0) is 16.6 Å². The molecule has 1 spiro atoms. The van der Waals surface area contributed by atoms with Crippen LogP contribution in [0.2, 0.25) is 0 Å². The number of carbonyl (C=O) groups excluding carboxylic acids is 2. The number of carbonyl (C=O) groups is 2. The zero-order chi connectivity index (χ0) is 35.3. The van der Waals surface area contributed by atoms with Gasteiger partial charge in [0.1, 0.15) is 12.5 Å². The van der Waals surface area contributed by atoms with E-state index in [1.165, 1.54) is 5.57 Å². The quantitative estimate of drug-likeness (QED) is 0.364. The Labute approximate surface area is 298 Å². The normalized spacial score (nSPS) is 29.6. The standard InChI is InChI=1S/C38H48FN9O3/c1-24(2)51-31-11-8-28(20-40-31)35-33-29(42-43-35)9-10-30(34(33)39)48-19-15-38(37(48)50)14-18-46(22-38)21-32(49)47-16-12-26(13-17-47)25-4-6-27(7-5-25)36-41-23-45(3)44-36/h4-8,11-12,20,23-24,29-30,33-35,42-43H,9-10,13-19,21-22H2,1-3H3/t29?,30?,33?,34?,35?,38-/m0/s1. The van der Waals surface area contributed by atoms with Crippen molar-refractivity contribution in [1.29, 1.82) is 0 Å². The molecule has 5 unspecified atom stereocenters. The number of nitrogens with zero attached hydrogens (tertiary/aromatic N) is 7. The van der Waals surface area contributed by atoms with Crippen molar-refractivity contribution in [1.82, 2.24) is 45.3 Å². The van der Waals surface area contributed by atoms with E-state index < -0.39 is 17.6 Å². The number of aromatic nitrogens is 4. The average Bonchev–Trinajstić information content (AvgIpc) is 3.93. The van der Waals surface area contributed by atoms with Crippen molar-refractivity contribution in [2.75, 3.05) is 39.3 Å². The lowest BCUT2D eigenvalue weighted by atomic mass is 9.75. The second kappa shape index (κ2) is 13.7. The van der Waals surface area contributed by atoms with E-state index in [9.17, 15) is 9.59 Å². The topological polar surface area (TPSA) is 121 Å². The summed E-state index contributed by atoms with van der Waals surface area (Å²) in [6.07, 6.45) is 8.08. The van der Waals surface area contributed by atoms with E-state index in [0.717, 1.165) is 29.5 Å². The van der Waals surface area contributed by atoms with Crippen molar-refractivity contribution in [2.24, 2.45) is 18.4 Å². The van der Waals surface area contributed by atoms with E-state index in [2.05, 4.69) is 49.0 Å². The summed E-state index contributed by atoms with van der Waals surface area (Å²) >= 11 is 0. The lowest BCUT2D eigenvalue weighted by Crippen LogP contribution is -2.54. The summed E-state index contributed by atoms with van der Waals surface area (Å²) in [6.45, 7) is 7.27. The number of hydrogen-bond acceptors (Lipinski definition) is 9. The molecule has 4 aliphatic heterocycles. The van der Waals surface area contributed by atoms with Gasteiger partial charge >= 0.3 is 0 Å². The van der Waals surface area contributed by atoms with Gasteiger partial charge in [0.05, 0.1) is 30.1 Å². The molecule has 4 fully saturated rings. The minimum Gasteiger partial charge on any atom is -0.475 e. The number of alkyl halides is 1. The number of pyridine rings is 1. The summed E-state index contributed by atoms with van der Waals surface area (Å²) in [5.74, 6) is 1.09. The number of nitrogens with one attached hydrogen (secondary N) is 2. The first-order chi connectivity index (χ1) is 24.7. The first-order valence-electron chi connectivity index (χ1n) is 18.4. The highest BCUT2D eigenvalue weighted by Crippen LogP contribution is 2.46. The van der Waals surface area contributed by atoms with Gasteiger partial charge in [-0.1, -0.05) is 36.4 Å². The smallest absolute Gasteiger partial charge is 0.237 e. The number of amides is 2. The third-order valence-electron chi connectivity index (χ3n) is 11.7. The van der Waals surface area contributed by atoms with Gasteiger partial charge in [0.25, 0.3) is 0 Å². The molecule has 2 aromatic heterocycles. The summed E-state index contributed by atoms with van der Waals surface area (Å²) < 4.78 is 24.0. The molecule has 6 heterocycles. The molecule has 2 amide bonds. The molecule has 5 aliphatic rings. The van der Waals surface area contributed by atoms with Gasteiger partial charge in [-0.25, -0.2) is 19.8 Å². The van der Waals surface area contributed by atoms with E-state index in [0.29, 0.717) is 70.2 Å². The maximum Gasteiger partial charge on any atom is 0.237 e. The van der Waals surface area contributed by atoms with Crippen LogP contribution < -0.4 is 15.6 Å². The number of hydrazine groups is 1. The number of hydrogen-bond donors (Lipinski definition) is 2. The monoisotopic (exact) mass is 697 g/mol. The highest BCUT2D eigenvalue weighted by molar-refractivity contribution is 5.86. The lowest BCUT2D eigenvalue weighted by molar-refractivity contribution is -0.140. The highest BCUT2D eigenvalue weighted by atomic mass is 19.1. The third kappa shape index (κ3) is 6.55. The number of aryl methyl sites for hydroxylation is 1. The maximum absolute atomic E-state index is 16.6. The Kier molecular flexibility index (Phi) is 9.14. The molecule has 51 heavy (non-hydrogen) atoms. The number of likely N-dealkylation sites (tertiary alicyclic amines) is 2. The summed E-state index contributed by atoms with van der Waals surface area (Å²) in [6, 6.07) is 11.3. The van der Waals surface area contributed by atoms with Crippen LogP contribution >= 0.6 is 0 Å². The Morgan fingerprint density at radius 1 is 1.04 bits per heavy atom. The molecule has 0 radical (unpaired) electrons. The molecule has 13 heteroatoms. The number of rotatable bonds is 8. The van der Waals surface area contributed by atoms with Crippen molar-refractivity contribution >= 4 is 17.4 Å². The van der Waals surface area contributed by atoms with Crippen LogP contribution in [0.5, 0.6) is 5.88 Å². The van der Waals surface area contributed by atoms with E-state index in [1.807, 2.05) is 55.0 Å². The van der Waals surface area contributed by atoms with Gasteiger partial charge in [-0.3, -0.25) is 24.6 Å². The molecule has 2 N–H and O–H groups in total. The van der Waals surface area contributed by atoms with Crippen molar-refractivity contribution in [3.05, 3.63) is 66.1 Å². The number of benzene rings is 1. The largest absolute Gasteiger partial charge is 0.475 e. The Bertz CT molecular complexity index is 1780. The van der Waals surface area contributed by atoms with Crippen LogP contribution in [0.4, 0.5) is 4.39 Å². The van der Waals surface area contributed by atoms with Crippen LogP contribution in [0.1, 0.15) is 63.1 Å². The Balaban J connectivity index is 0.856. The van der Waals surface area contributed by atoms with Gasteiger partial charge in [0, 0.05) is 63.0 Å². The summed E-state index contributed by atoms with van der Waals surface area (Å²) in [5.41, 5.74) is 10.4. The second-order valence-corrected chi connectivity index (χ2v) is 15.3. The molecule has 270 valence electrons. The minimum absolute atomic E-state index is 0.0107. The highest BCUT2D eigenvalue weighted by Gasteiger charge is 2.56. The summed E-state index contributed by atoms with van der Waals surface area (Å²) in [5, 5.41) is 4.38. The number of halogens is 1. The molecule has 1 aliphatic carbocycles. The van der Waals surface area contributed by atoms with Gasteiger partial charge in [0.2, 0.25) is 17.7 Å². The minimum atomic E-state index is -1.17. The Morgan fingerprint density at radius 2 is 1.84 bits per heavy atom. The molecule has 0 bridgehead atoms. The predicted molar refractivity (Wildman–Crippen MR) is 190 cm³/mol. The predicted octanol–water partition coefficient (Wildman–Crippen LogP) is 3.54. The maximum atomic E-state index is 16.6. The van der Waals surface area contributed by atoms with Crippen LogP contribution in [0.3, 0.4) is 0 Å². The van der Waals surface area contributed by atoms with Crippen molar-refractivity contribution < 1.29 is 18.7 Å². The fraction of sp³-hybridized carbons (Fsp3) is 0.553. The molecule has 1 aromatic carbocycles. The van der Waals surface area contributed by atoms with Gasteiger partial charge < -0.3 is 14.5 Å². The molecular weight excluding hydrogens is 649 g/mol. The van der Waals surface area contributed by atoms with E-state index in [4.69, 9.17) is 4.74 Å². The molecule has 6 atom stereocenters. The zero-order valence-electron chi connectivity index (χ0n) is 29.7. The van der Waals surface area contributed by atoms with E-state index in [1.54, 1.807) is 17.2 Å². The van der Waals surface area contributed by atoms with Gasteiger partial charge in [0.15, 0.2) is 5.82 Å². The van der Waals surface area contributed by atoms with Crippen LogP contribution in [0.15, 0.2) is 55.0 Å². The van der Waals surface area contributed by atoms with Gasteiger partial charge in [-0.05, 0) is 69.2 Å². The van der Waals surface area contributed by atoms with Crippen molar-refractivity contribution in [3.63, 3.8) is 0 Å². The Morgan fingerprint density at radius 3 is 2.55 bits per heavy atom. The molecule has 1 saturated carbocycles. The van der Waals surface area contributed by atoms with Crippen molar-refractivity contribution in [2.45, 2.75) is 76.4 Å². The molecule has 8 rings (SSSR count). The third-order valence-corrected chi connectivity index (χ3v) is 11.7. The summed E-state index contributed by atoms with van der Waals surface area (Å²) in [7, 11) is 1.85. The molecule has 12 nitrogen and oxygen atoms in total. The van der Waals surface area contributed by atoms with Crippen molar-refractivity contribution in [3.8, 4) is 17.3 Å². The summed E-state index contributed by atoms with van der Waals surface area (Å²) in [4.78, 5) is 42.2. The van der Waals surface area contributed by atoms with Crippen LogP contribution in [-0.4, -0.2) is 110 Å². The first-order valence-corrected chi connectivity index (χ1v) is 18.4. The molecular formula is C38H48FN9O3. The van der Waals surface area contributed by atoms with E-state index >= 15 is 4.39 Å². The Hall–Kier alpha value is -4.20. The number of fused-ring (bicyclic) bond motifs is 1. The van der Waals surface area contributed by atoms with E-state index in [-0.39, 0.29) is 35.9 Å². The molecule has 3 aromatic rings. The first kappa shape index (κ1) is 33.9. The zero-order valence-corrected chi connectivity index (χ0v) is 29.7. The molecule has 3 saturated heterocycles. The SMILES string of the molecule is CC(C)Oc1ccc(C2NNC3CCC(N4CC[C@]5(CCN(CC(=O)N6CC=C(c7ccc(-c8ncn(C)n8)cc7)CC6)C5)C4=O)C(F)C32)cn1. The lowest BCUT2D eigenvalue weighted by Gasteiger charge is -2.41. The average molecular weight is 698 g/mol. The fourth-order valence-electron chi connectivity index (χ4n) is 8.97. The second-order valence-electron chi connectivity index (χ2n) is 15.3. The van der Waals surface area contributed by atoms with Gasteiger partial charge in [-0.2, -0.15) is 5.10 Å². The number of ether oxygens (including phenoxy) is 1. The fourth-order valence-corrected chi connectivity index (χ4v) is 8.97. The van der Waals surface area contributed by atoms with Crippen LogP contribution in [0, 0.1) is 11.3 Å².